The summed E-state index contributed by atoms with van der Waals surface area (Å²) < 4.78 is 1.98. The molecule has 0 aliphatic carbocycles. The van der Waals surface area contributed by atoms with Gasteiger partial charge in [0.25, 0.3) is 5.91 Å². The number of carbonyl (C=O) groups is 1. The second-order valence-corrected chi connectivity index (χ2v) is 5.45. The largest absolute Gasteiger partial charge is 0.344 e. The van der Waals surface area contributed by atoms with Gasteiger partial charge in [0, 0.05) is 37.9 Å². The number of hydrogen-bond acceptors (Lipinski definition) is 2. The predicted octanol–water partition coefficient (Wildman–Crippen LogP) is 1.94. The third kappa shape index (κ3) is 2.68. The number of amides is 1. The second kappa shape index (κ2) is 5.78. The maximum absolute atomic E-state index is 12.7. The van der Waals surface area contributed by atoms with E-state index in [4.69, 9.17) is 0 Å². The molecular formula is C15H25N3O. The Hall–Kier alpha value is -1.29. The van der Waals surface area contributed by atoms with E-state index in [1.807, 2.05) is 30.7 Å². The molecule has 19 heavy (non-hydrogen) atoms. The molecule has 1 aliphatic heterocycles. The van der Waals surface area contributed by atoms with Crippen molar-refractivity contribution in [2.75, 3.05) is 13.1 Å². The SMILES string of the molecule is CCC1CN(C(=O)c2ccc(C)n2C)C(CC)CN1. The molecule has 0 radical (unpaired) electrons. The Morgan fingerprint density at radius 3 is 2.63 bits per heavy atom. The van der Waals surface area contributed by atoms with Crippen LogP contribution in [0.15, 0.2) is 12.1 Å². The number of hydrogen-bond donors (Lipinski definition) is 1. The van der Waals surface area contributed by atoms with Gasteiger partial charge in [-0.25, -0.2) is 0 Å². The molecule has 106 valence electrons. The van der Waals surface area contributed by atoms with Crippen LogP contribution < -0.4 is 5.32 Å². The molecule has 2 unspecified atom stereocenters. The molecule has 2 atom stereocenters. The van der Waals surface area contributed by atoms with E-state index in [-0.39, 0.29) is 5.91 Å². The topological polar surface area (TPSA) is 37.3 Å². The predicted molar refractivity (Wildman–Crippen MR) is 77.3 cm³/mol. The molecule has 1 fully saturated rings. The number of carbonyl (C=O) groups excluding carboxylic acids is 1. The van der Waals surface area contributed by atoms with Gasteiger partial charge in [0.05, 0.1) is 0 Å². The average molecular weight is 263 g/mol. The van der Waals surface area contributed by atoms with Gasteiger partial charge in [-0.3, -0.25) is 4.79 Å². The number of piperazine rings is 1. The Balaban J connectivity index is 2.21. The van der Waals surface area contributed by atoms with Gasteiger partial charge < -0.3 is 14.8 Å². The van der Waals surface area contributed by atoms with Crippen molar-refractivity contribution in [3.8, 4) is 0 Å². The van der Waals surface area contributed by atoms with E-state index in [0.717, 1.165) is 37.3 Å². The molecular weight excluding hydrogens is 238 g/mol. The highest BCUT2D eigenvalue weighted by atomic mass is 16.2. The van der Waals surface area contributed by atoms with Crippen molar-refractivity contribution in [1.82, 2.24) is 14.8 Å². The Labute approximate surface area is 115 Å². The normalized spacial score (nSPS) is 23.7. The van der Waals surface area contributed by atoms with Crippen molar-refractivity contribution < 1.29 is 4.79 Å². The Bertz CT molecular complexity index is 452. The number of aromatic nitrogens is 1. The minimum absolute atomic E-state index is 0.169. The van der Waals surface area contributed by atoms with Crippen LogP contribution >= 0.6 is 0 Å². The molecule has 4 heteroatoms. The summed E-state index contributed by atoms with van der Waals surface area (Å²) in [5, 5.41) is 3.53. The first kappa shape index (κ1) is 14.1. The average Bonchev–Trinajstić information content (AvgIpc) is 2.77. The van der Waals surface area contributed by atoms with Crippen LogP contribution in [0.5, 0.6) is 0 Å². The van der Waals surface area contributed by atoms with Crippen LogP contribution in [0.1, 0.15) is 42.9 Å². The molecule has 1 amide bonds. The summed E-state index contributed by atoms with van der Waals surface area (Å²) in [6, 6.07) is 4.68. The van der Waals surface area contributed by atoms with Gasteiger partial charge in [-0.05, 0) is 31.9 Å². The summed E-state index contributed by atoms with van der Waals surface area (Å²) in [6.07, 6.45) is 2.06. The molecule has 0 saturated carbocycles. The molecule has 2 rings (SSSR count). The van der Waals surface area contributed by atoms with Crippen LogP contribution in [0.4, 0.5) is 0 Å². The molecule has 1 saturated heterocycles. The molecule has 1 aromatic heterocycles. The van der Waals surface area contributed by atoms with Crippen LogP contribution in [0.3, 0.4) is 0 Å². The van der Waals surface area contributed by atoms with Crippen molar-refractivity contribution in [1.29, 1.82) is 0 Å². The molecule has 0 aromatic carbocycles. The summed E-state index contributed by atoms with van der Waals surface area (Å²) in [7, 11) is 1.96. The lowest BCUT2D eigenvalue weighted by atomic mass is 10.0. The number of nitrogens with one attached hydrogen (secondary N) is 1. The van der Waals surface area contributed by atoms with Crippen LogP contribution in [0.25, 0.3) is 0 Å². The monoisotopic (exact) mass is 263 g/mol. The van der Waals surface area contributed by atoms with Gasteiger partial charge in [-0.15, -0.1) is 0 Å². The zero-order valence-corrected chi connectivity index (χ0v) is 12.4. The molecule has 1 aliphatic rings. The number of rotatable bonds is 3. The zero-order chi connectivity index (χ0) is 14.0. The zero-order valence-electron chi connectivity index (χ0n) is 12.4. The van der Waals surface area contributed by atoms with Gasteiger partial charge in [0.1, 0.15) is 5.69 Å². The van der Waals surface area contributed by atoms with Gasteiger partial charge in [-0.2, -0.15) is 0 Å². The minimum Gasteiger partial charge on any atom is -0.344 e. The summed E-state index contributed by atoms with van der Waals surface area (Å²) in [5.74, 6) is 0.169. The van der Waals surface area contributed by atoms with Crippen LogP contribution in [0.2, 0.25) is 0 Å². The summed E-state index contributed by atoms with van der Waals surface area (Å²) >= 11 is 0. The lowest BCUT2D eigenvalue weighted by Gasteiger charge is -2.40. The maximum atomic E-state index is 12.7. The van der Waals surface area contributed by atoms with E-state index < -0.39 is 0 Å². The molecule has 1 aromatic rings. The quantitative estimate of drug-likeness (QED) is 0.905. The standard InChI is InChI=1S/C15H25N3O/c1-5-12-10-18(13(6-2)9-16-12)15(19)14-8-7-11(3)17(14)4/h7-8,12-13,16H,5-6,9-10H2,1-4H3. The van der Waals surface area contributed by atoms with Crippen molar-refractivity contribution in [2.45, 2.75) is 45.7 Å². The molecule has 0 spiro atoms. The number of nitrogens with zero attached hydrogens (tertiary/aromatic N) is 2. The third-order valence-corrected chi connectivity index (χ3v) is 4.32. The summed E-state index contributed by atoms with van der Waals surface area (Å²) in [6.45, 7) is 8.07. The van der Waals surface area contributed by atoms with Gasteiger partial charge >= 0.3 is 0 Å². The first-order valence-electron chi connectivity index (χ1n) is 7.25. The van der Waals surface area contributed by atoms with Crippen molar-refractivity contribution in [2.24, 2.45) is 7.05 Å². The third-order valence-electron chi connectivity index (χ3n) is 4.32. The van der Waals surface area contributed by atoms with Crippen molar-refractivity contribution >= 4 is 5.91 Å². The molecule has 0 bridgehead atoms. The maximum Gasteiger partial charge on any atom is 0.270 e. The van der Waals surface area contributed by atoms with Gasteiger partial charge in [-0.1, -0.05) is 13.8 Å². The van der Waals surface area contributed by atoms with Crippen LogP contribution in [0, 0.1) is 6.92 Å². The van der Waals surface area contributed by atoms with Crippen molar-refractivity contribution in [3.05, 3.63) is 23.5 Å². The Morgan fingerprint density at radius 2 is 2.11 bits per heavy atom. The molecule has 2 heterocycles. The smallest absolute Gasteiger partial charge is 0.270 e. The van der Waals surface area contributed by atoms with Gasteiger partial charge in [0.15, 0.2) is 0 Å². The first-order valence-corrected chi connectivity index (χ1v) is 7.25. The van der Waals surface area contributed by atoms with Gasteiger partial charge in [0.2, 0.25) is 0 Å². The second-order valence-electron chi connectivity index (χ2n) is 5.45. The minimum atomic E-state index is 0.169. The Kier molecular flexibility index (Phi) is 4.30. The summed E-state index contributed by atoms with van der Waals surface area (Å²) in [5.41, 5.74) is 1.92. The highest BCUT2D eigenvalue weighted by molar-refractivity contribution is 5.93. The van der Waals surface area contributed by atoms with Crippen molar-refractivity contribution in [3.63, 3.8) is 0 Å². The van der Waals surface area contributed by atoms with E-state index in [9.17, 15) is 4.79 Å². The van der Waals surface area contributed by atoms with E-state index in [1.54, 1.807) is 0 Å². The molecule has 4 nitrogen and oxygen atoms in total. The molecule has 1 N–H and O–H groups in total. The fourth-order valence-electron chi connectivity index (χ4n) is 2.73. The van der Waals surface area contributed by atoms with Crippen LogP contribution in [-0.2, 0) is 7.05 Å². The fourth-order valence-corrected chi connectivity index (χ4v) is 2.73. The Morgan fingerprint density at radius 1 is 1.37 bits per heavy atom. The highest BCUT2D eigenvalue weighted by Gasteiger charge is 2.31. The van der Waals surface area contributed by atoms with E-state index in [0.29, 0.717) is 12.1 Å². The van der Waals surface area contributed by atoms with E-state index >= 15 is 0 Å². The fraction of sp³-hybridized carbons (Fsp3) is 0.667. The lowest BCUT2D eigenvalue weighted by Crippen LogP contribution is -2.58. The van der Waals surface area contributed by atoms with E-state index in [2.05, 4.69) is 24.1 Å². The lowest BCUT2D eigenvalue weighted by molar-refractivity contribution is 0.0566. The van der Waals surface area contributed by atoms with E-state index in [1.165, 1.54) is 0 Å². The number of aryl methyl sites for hydroxylation is 1. The first-order chi connectivity index (χ1) is 9.08. The highest BCUT2D eigenvalue weighted by Crippen LogP contribution is 2.17. The summed E-state index contributed by atoms with van der Waals surface area (Å²) in [4.78, 5) is 14.8. The van der Waals surface area contributed by atoms with Crippen LogP contribution in [-0.4, -0.2) is 40.5 Å².